The molecule has 0 unspecified atom stereocenters. The summed E-state index contributed by atoms with van der Waals surface area (Å²) in [5.74, 6) is 1.11. The predicted octanol–water partition coefficient (Wildman–Crippen LogP) is 4.68. The van der Waals surface area contributed by atoms with Gasteiger partial charge in [-0.1, -0.05) is 55.5 Å². The Balaban J connectivity index is 2.36. The number of pyridine rings is 1. The minimum Gasteiger partial charge on any atom is -0.328 e. The van der Waals surface area contributed by atoms with Crippen LogP contribution in [0.25, 0.3) is 33.2 Å². The first-order chi connectivity index (χ1) is 10.9. The van der Waals surface area contributed by atoms with Gasteiger partial charge in [-0.3, -0.25) is 0 Å². The maximum absolute atomic E-state index is 4.95. The maximum Gasteiger partial charge on any atom is 0.141 e. The minimum absolute atomic E-state index is 1.10. The smallest absolute Gasteiger partial charge is 0.141 e. The third kappa shape index (κ3) is 2.03. The molecule has 0 aromatic heterocycles. The van der Waals surface area contributed by atoms with E-state index in [1.54, 1.807) is 0 Å². The molecule has 2 aromatic carbocycles. The molecule has 2 aliphatic heterocycles. The van der Waals surface area contributed by atoms with Gasteiger partial charge in [0.2, 0.25) is 0 Å². The van der Waals surface area contributed by atoms with Crippen LogP contribution in [-0.2, 0) is 7.05 Å². The van der Waals surface area contributed by atoms with Crippen LogP contribution >= 0.6 is 0 Å². The standard InChI is InChI=1S/C20H22N2Si/c1-13-10-11-17-15(12-13)19(23(3,4)5)18-14-8-6-7-9-16(14)21-20(18)22(17)2/h6-12H,1-5H3. The quantitative estimate of drug-likeness (QED) is 0.466. The average molecular weight is 318 g/mol. The average Bonchev–Trinajstić information content (AvgIpc) is 2.85. The Labute approximate surface area is 138 Å². The molecule has 0 fully saturated rings. The van der Waals surface area contributed by atoms with Gasteiger partial charge in [0.15, 0.2) is 0 Å². The van der Waals surface area contributed by atoms with E-state index >= 15 is 0 Å². The van der Waals surface area contributed by atoms with E-state index in [9.17, 15) is 0 Å². The zero-order chi connectivity index (χ0) is 16.4. The highest BCUT2D eigenvalue weighted by Gasteiger charge is 2.29. The molecule has 2 aliphatic rings. The largest absolute Gasteiger partial charge is 0.328 e. The first kappa shape index (κ1) is 14.5. The molecule has 2 aromatic rings. The molecular formula is C20H22N2Si. The number of para-hydroxylation sites is 1. The van der Waals surface area contributed by atoms with Crippen LogP contribution in [0.5, 0.6) is 0 Å². The molecule has 2 nitrogen and oxygen atoms in total. The van der Waals surface area contributed by atoms with Crippen molar-refractivity contribution in [1.29, 1.82) is 0 Å². The molecule has 0 amide bonds. The van der Waals surface area contributed by atoms with Crippen LogP contribution in [0.2, 0.25) is 19.6 Å². The van der Waals surface area contributed by atoms with Crippen LogP contribution in [0, 0.1) is 6.92 Å². The molecule has 0 spiro atoms. The Hall–Kier alpha value is -2.13. The van der Waals surface area contributed by atoms with E-state index in [1.807, 2.05) is 0 Å². The topological polar surface area (TPSA) is 17.8 Å². The Morgan fingerprint density at radius 2 is 1.70 bits per heavy atom. The molecule has 116 valence electrons. The first-order valence-corrected chi connectivity index (χ1v) is 11.7. The third-order valence-corrected chi connectivity index (χ3v) is 6.74. The van der Waals surface area contributed by atoms with Crippen LogP contribution in [0.3, 0.4) is 0 Å². The first-order valence-electron chi connectivity index (χ1n) is 8.16. The van der Waals surface area contributed by atoms with Crippen LogP contribution in [0.4, 0.5) is 0 Å². The summed E-state index contributed by atoms with van der Waals surface area (Å²) in [6.07, 6.45) is 0. The highest BCUT2D eigenvalue weighted by molar-refractivity contribution is 6.91. The predicted molar refractivity (Wildman–Crippen MR) is 103 cm³/mol. The second-order valence-corrected chi connectivity index (χ2v) is 12.5. The van der Waals surface area contributed by atoms with E-state index in [0.717, 1.165) is 11.3 Å². The number of hydrogen-bond acceptors (Lipinski definition) is 1. The van der Waals surface area contributed by atoms with Crippen LogP contribution in [0.1, 0.15) is 5.56 Å². The lowest BCUT2D eigenvalue weighted by Gasteiger charge is -2.26. The molecule has 0 saturated heterocycles. The highest BCUT2D eigenvalue weighted by Crippen LogP contribution is 2.34. The van der Waals surface area contributed by atoms with Crippen molar-refractivity contribution in [3.8, 4) is 11.4 Å². The fourth-order valence-electron chi connectivity index (χ4n) is 3.73. The number of rotatable bonds is 1. The van der Waals surface area contributed by atoms with Crippen molar-refractivity contribution in [3.63, 3.8) is 0 Å². The molecule has 0 aliphatic carbocycles. The van der Waals surface area contributed by atoms with Crippen LogP contribution < -0.4 is 5.19 Å². The van der Waals surface area contributed by atoms with Gasteiger partial charge in [0.25, 0.3) is 0 Å². The van der Waals surface area contributed by atoms with Crippen molar-refractivity contribution in [2.75, 3.05) is 0 Å². The van der Waals surface area contributed by atoms with Crippen LogP contribution in [-0.4, -0.2) is 17.6 Å². The van der Waals surface area contributed by atoms with Gasteiger partial charge < -0.3 is 4.57 Å². The maximum atomic E-state index is 4.95. The van der Waals surface area contributed by atoms with Crippen molar-refractivity contribution in [2.24, 2.45) is 7.05 Å². The molecule has 4 rings (SSSR count). The summed E-state index contributed by atoms with van der Waals surface area (Å²) in [6.45, 7) is 9.49. The molecular weight excluding hydrogens is 296 g/mol. The second-order valence-electron chi connectivity index (χ2n) is 7.53. The minimum atomic E-state index is -1.54. The van der Waals surface area contributed by atoms with Gasteiger partial charge in [0, 0.05) is 23.5 Å². The fourth-order valence-corrected chi connectivity index (χ4v) is 5.74. The number of fused-ring (bicyclic) bond motifs is 4. The summed E-state index contributed by atoms with van der Waals surface area (Å²) in [6, 6.07) is 15.3. The van der Waals surface area contributed by atoms with Gasteiger partial charge in [0.05, 0.1) is 13.6 Å². The molecule has 0 radical (unpaired) electrons. The van der Waals surface area contributed by atoms with Gasteiger partial charge in [0.1, 0.15) is 5.82 Å². The summed E-state index contributed by atoms with van der Waals surface area (Å²) < 4.78 is 2.26. The zero-order valence-electron chi connectivity index (χ0n) is 14.4. The molecule has 0 saturated carbocycles. The number of benzene rings is 2. The lowest BCUT2D eigenvalue weighted by Crippen LogP contribution is -2.40. The van der Waals surface area contributed by atoms with Crippen LogP contribution in [0.15, 0.2) is 42.5 Å². The van der Waals surface area contributed by atoms with E-state index in [0.29, 0.717) is 0 Å². The Kier molecular flexibility index (Phi) is 2.94. The summed E-state index contributed by atoms with van der Waals surface area (Å²) in [5, 5.41) is 4.23. The van der Waals surface area contributed by atoms with Crippen molar-refractivity contribution >= 4 is 35.1 Å². The summed E-state index contributed by atoms with van der Waals surface area (Å²) in [7, 11) is 0.596. The van der Waals surface area contributed by atoms with Crippen molar-refractivity contribution < 1.29 is 0 Å². The van der Waals surface area contributed by atoms with Gasteiger partial charge in [-0.2, -0.15) is 0 Å². The monoisotopic (exact) mass is 318 g/mol. The van der Waals surface area contributed by atoms with Crippen molar-refractivity contribution in [3.05, 3.63) is 48.0 Å². The lowest BCUT2D eigenvalue weighted by molar-refractivity contribution is 0.940. The SMILES string of the molecule is Cc1ccc2c(c1)c([Si](C)(C)C)c1c3ccccc3nc-1n2C. The summed E-state index contributed by atoms with van der Waals surface area (Å²) in [5.41, 5.74) is 5.06. The Morgan fingerprint density at radius 1 is 0.957 bits per heavy atom. The van der Waals surface area contributed by atoms with Gasteiger partial charge in [-0.05, 0) is 29.6 Å². The number of hydrogen-bond donors (Lipinski definition) is 0. The highest BCUT2D eigenvalue weighted by atomic mass is 28.3. The summed E-state index contributed by atoms with van der Waals surface area (Å²) >= 11 is 0. The van der Waals surface area contributed by atoms with Gasteiger partial charge >= 0.3 is 0 Å². The van der Waals surface area contributed by atoms with E-state index in [2.05, 4.69) is 80.6 Å². The van der Waals surface area contributed by atoms with E-state index in [-0.39, 0.29) is 0 Å². The molecule has 2 heterocycles. The molecule has 23 heavy (non-hydrogen) atoms. The van der Waals surface area contributed by atoms with E-state index in [4.69, 9.17) is 4.98 Å². The Morgan fingerprint density at radius 3 is 2.43 bits per heavy atom. The van der Waals surface area contributed by atoms with Crippen molar-refractivity contribution in [2.45, 2.75) is 26.6 Å². The molecule has 3 heteroatoms. The van der Waals surface area contributed by atoms with E-state index in [1.165, 1.54) is 32.6 Å². The Bertz CT molecular complexity index is 1020. The number of nitrogens with zero attached hydrogens (tertiary/aromatic N) is 2. The normalized spacial score (nSPS) is 12.6. The third-order valence-electron chi connectivity index (χ3n) is 4.72. The molecule has 0 atom stereocenters. The van der Waals surface area contributed by atoms with Gasteiger partial charge in [-0.15, -0.1) is 0 Å². The zero-order valence-corrected chi connectivity index (χ0v) is 15.4. The molecule has 0 bridgehead atoms. The van der Waals surface area contributed by atoms with Crippen molar-refractivity contribution in [1.82, 2.24) is 9.55 Å². The van der Waals surface area contributed by atoms with E-state index < -0.39 is 8.07 Å². The fraction of sp³-hybridized carbons (Fsp3) is 0.250. The second kappa shape index (κ2) is 4.68. The summed E-state index contributed by atoms with van der Waals surface area (Å²) in [4.78, 5) is 4.95. The number of aryl methyl sites for hydroxylation is 2. The molecule has 0 N–H and O–H groups in total. The lowest BCUT2D eigenvalue weighted by atomic mass is 10.1. The van der Waals surface area contributed by atoms with Gasteiger partial charge in [-0.25, -0.2) is 4.98 Å². The number of aromatic nitrogens is 2.